The van der Waals surface area contributed by atoms with Crippen molar-refractivity contribution in [2.45, 2.75) is 34.6 Å². The molecule has 0 aliphatic rings. The summed E-state index contributed by atoms with van der Waals surface area (Å²) in [7, 11) is 0. The van der Waals surface area contributed by atoms with Crippen molar-refractivity contribution >= 4 is 5.82 Å². The molecule has 0 aliphatic carbocycles. The minimum atomic E-state index is 0.135. The molecule has 0 bridgehead atoms. The first-order valence-corrected chi connectivity index (χ1v) is 5.60. The normalized spacial score (nSPS) is 7.87. The van der Waals surface area contributed by atoms with Crippen LogP contribution in [0.15, 0.2) is 18.3 Å². The monoisotopic (exact) mass is 212 g/mol. The average Bonchev–Trinajstić information content (AvgIpc) is 2.32. The zero-order valence-electron chi connectivity index (χ0n) is 10.5. The topological polar surface area (TPSA) is 45.2 Å². The highest BCUT2D eigenvalue weighted by molar-refractivity contribution is 5.36. The van der Waals surface area contributed by atoms with Gasteiger partial charge in [0.05, 0.1) is 6.61 Å². The number of aromatic nitrogens is 1. The van der Waals surface area contributed by atoms with E-state index in [0.717, 1.165) is 5.82 Å². The van der Waals surface area contributed by atoms with Crippen molar-refractivity contribution in [3.8, 4) is 0 Å². The number of aliphatic hydroxyl groups excluding tert-OH is 1. The largest absolute Gasteiger partial charge is 0.395 e. The van der Waals surface area contributed by atoms with Crippen LogP contribution in [-0.2, 0) is 0 Å². The second-order valence-electron chi connectivity index (χ2n) is 2.37. The number of aliphatic hydroxyl groups is 1. The minimum absolute atomic E-state index is 0.135. The molecule has 0 unspecified atom stereocenters. The summed E-state index contributed by atoms with van der Waals surface area (Å²) in [6.45, 7) is 10.7. The van der Waals surface area contributed by atoms with E-state index >= 15 is 0 Å². The predicted molar refractivity (Wildman–Crippen MR) is 67.2 cm³/mol. The summed E-state index contributed by atoms with van der Waals surface area (Å²) in [5, 5.41) is 11.5. The molecule has 1 aromatic heterocycles. The van der Waals surface area contributed by atoms with E-state index in [9.17, 15) is 0 Å². The molecule has 0 atom stereocenters. The molecule has 1 heterocycles. The lowest BCUT2D eigenvalue weighted by Crippen LogP contribution is -2.06. The summed E-state index contributed by atoms with van der Waals surface area (Å²) in [5.74, 6) is 0.819. The van der Waals surface area contributed by atoms with Crippen molar-refractivity contribution in [2.75, 3.05) is 18.5 Å². The Morgan fingerprint density at radius 3 is 2.33 bits per heavy atom. The summed E-state index contributed by atoms with van der Waals surface area (Å²) in [6.07, 6.45) is 1.75. The number of anilines is 1. The van der Waals surface area contributed by atoms with Crippen LogP contribution in [0.3, 0.4) is 0 Å². The summed E-state index contributed by atoms with van der Waals surface area (Å²) in [5.41, 5.74) is 1.17. The molecule has 0 saturated carbocycles. The standard InChI is InChI=1S/C8H12N2O.2C2H6/c1-7-2-3-9-8(6-7)10-4-5-11;2*1-2/h2-3,6,11H,4-5H2,1H3,(H,9,10);2*1-2H3. The van der Waals surface area contributed by atoms with Crippen molar-refractivity contribution in [1.29, 1.82) is 0 Å². The highest BCUT2D eigenvalue weighted by Crippen LogP contribution is 2.03. The lowest BCUT2D eigenvalue weighted by atomic mass is 10.3. The quantitative estimate of drug-likeness (QED) is 0.809. The summed E-state index contributed by atoms with van der Waals surface area (Å²) >= 11 is 0. The SMILES string of the molecule is CC.CC.Cc1ccnc(NCCO)c1. The Bertz CT molecular complexity index is 227. The molecule has 15 heavy (non-hydrogen) atoms. The Morgan fingerprint density at radius 1 is 1.27 bits per heavy atom. The molecule has 0 radical (unpaired) electrons. The van der Waals surface area contributed by atoms with Gasteiger partial charge in [0.1, 0.15) is 5.82 Å². The van der Waals surface area contributed by atoms with Gasteiger partial charge in [-0.05, 0) is 24.6 Å². The second kappa shape index (κ2) is 12.9. The first-order chi connectivity index (χ1) is 7.33. The third-order valence-electron chi connectivity index (χ3n) is 1.33. The van der Waals surface area contributed by atoms with E-state index < -0.39 is 0 Å². The minimum Gasteiger partial charge on any atom is -0.395 e. The van der Waals surface area contributed by atoms with Crippen LogP contribution in [0.4, 0.5) is 5.82 Å². The first kappa shape index (κ1) is 16.3. The van der Waals surface area contributed by atoms with Gasteiger partial charge in [-0.25, -0.2) is 4.98 Å². The third-order valence-corrected chi connectivity index (χ3v) is 1.33. The van der Waals surface area contributed by atoms with Crippen LogP contribution in [0.1, 0.15) is 33.3 Å². The molecule has 2 N–H and O–H groups in total. The molecule has 3 nitrogen and oxygen atoms in total. The zero-order valence-corrected chi connectivity index (χ0v) is 10.5. The van der Waals surface area contributed by atoms with E-state index in [0.29, 0.717) is 6.54 Å². The summed E-state index contributed by atoms with van der Waals surface area (Å²) in [4.78, 5) is 4.05. The van der Waals surface area contributed by atoms with Gasteiger partial charge in [-0.2, -0.15) is 0 Å². The number of aryl methyl sites for hydroxylation is 1. The molecule has 0 spiro atoms. The molecule has 3 heteroatoms. The van der Waals surface area contributed by atoms with Gasteiger partial charge in [0.2, 0.25) is 0 Å². The van der Waals surface area contributed by atoms with Crippen LogP contribution in [0.2, 0.25) is 0 Å². The van der Waals surface area contributed by atoms with Crippen molar-refractivity contribution in [2.24, 2.45) is 0 Å². The van der Waals surface area contributed by atoms with Crippen molar-refractivity contribution < 1.29 is 5.11 Å². The highest BCUT2D eigenvalue weighted by atomic mass is 16.3. The van der Waals surface area contributed by atoms with E-state index in [1.54, 1.807) is 6.20 Å². The van der Waals surface area contributed by atoms with Crippen molar-refractivity contribution in [3.63, 3.8) is 0 Å². The summed E-state index contributed by atoms with van der Waals surface area (Å²) in [6, 6.07) is 3.87. The van der Waals surface area contributed by atoms with Crippen molar-refractivity contribution in [3.05, 3.63) is 23.9 Å². The predicted octanol–water partition coefficient (Wildman–Crippen LogP) is 2.85. The molecule has 0 aliphatic heterocycles. The van der Waals surface area contributed by atoms with E-state index in [4.69, 9.17) is 5.11 Å². The number of hydrogen-bond acceptors (Lipinski definition) is 3. The van der Waals surface area contributed by atoms with Crippen LogP contribution in [-0.4, -0.2) is 23.2 Å². The molecule has 1 aromatic rings. The Balaban J connectivity index is 0. The lowest BCUT2D eigenvalue weighted by Gasteiger charge is -2.02. The molecule has 0 fully saturated rings. The van der Waals surface area contributed by atoms with E-state index in [1.165, 1.54) is 5.56 Å². The van der Waals surface area contributed by atoms with Gasteiger partial charge in [0.15, 0.2) is 0 Å². The lowest BCUT2D eigenvalue weighted by molar-refractivity contribution is 0.311. The van der Waals surface area contributed by atoms with Crippen molar-refractivity contribution in [1.82, 2.24) is 4.98 Å². The summed E-state index contributed by atoms with van der Waals surface area (Å²) < 4.78 is 0. The van der Waals surface area contributed by atoms with Gasteiger partial charge in [-0.15, -0.1) is 0 Å². The number of nitrogens with zero attached hydrogens (tertiary/aromatic N) is 1. The molecule has 1 rings (SSSR count). The van der Waals surface area contributed by atoms with Gasteiger partial charge >= 0.3 is 0 Å². The molecule has 0 amide bonds. The molecular weight excluding hydrogens is 188 g/mol. The van der Waals surface area contributed by atoms with Crippen LogP contribution >= 0.6 is 0 Å². The first-order valence-electron chi connectivity index (χ1n) is 5.60. The molecule has 0 saturated heterocycles. The molecular formula is C12H24N2O. The Labute approximate surface area is 93.6 Å². The Morgan fingerprint density at radius 2 is 1.87 bits per heavy atom. The number of pyridine rings is 1. The maximum Gasteiger partial charge on any atom is 0.126 e. The van der Waals surface area contributed by atoms with E-state index in [-0.39, 0.29) is 6.61 Å². The maximum atomic E-state index is 8.51. The Kier molecular flexibility index (Phi) is 14.1. The fraction of sp³-hybridized carbons (Fsp3) is 0.583. The highest BCUT2D eigenvalue weighted by Gasteiger charge is 1.90. The fourth-order valence-corrected chi connectivity index (χ4v) is 0.817. The van der Waals surface area contributed by atoms with Crippen LogP contribution in [0, 0.1) is 6.92 Å². The number of nitrogens with one attached hydrogen (secondary N) is 1. The average molecular weight is 212 g/mol. The molecule has 0 aromatic carbocycles. The molecule has 88 valence electrons. The maximum absolute atomic E-state index is 8.51. The second-order valence-corrected chi connectivity index (χ2v) is 2.37. The van der Waals surface area contributed by atoms with E-state index in [2.05, 4.69) is 10.3 Å². The fourth-order valence-electron chi connectivity index (χ4n) is 0.817. The zero-order chi connectivity index (χ0) is 12.1. The van der Waals surface area contributed by atoms with Gasteiger partial charge in [0, 0.05) is 12.7 Å². The number of rotatable bonds is 3. The van der Waals surface area contributed by atoms with Gasteiger partial charge in [0.25, 0.3) is 0 Å². The smallest absolute Gasteiger partial charge is 0.126 e. The van der Waals surface area contributed by atoms with Gasteiger partial charge in [-0.3, -0.25) is 0 Å². The van der Waals surface area contributed by atoms with Crippen LogP contribution < -0.4 is 5.32 Å². The van der Waals surface area contributed by atoms with Crippen LogP contribution in [0.25, 0.3) is 0 Å². The van der Waals surface area contributed by atoms with Gasteiger partial charge < -0.3 is 10.4 Å². The van der Waals surface area contributed by atoms with E-state index in [1.807, 2.05) is 46.8 Å². The Hall–Kier alpha value is -1.09. The number of hydrogen-bond donors (Lipinski definition) is 2. The van der Waals surface area contributed by atoms with Gasteiger partial charge in [-0.1, -0.05) is 27.7 Å². The van der Waals surface area contributed by atoms with Crippen LogP contribution in [0.5, 0.6) is 0 Å². The third kappa shape index (κ3) is 9.22.